The third-order valence-electron chi connectivity index (χ3n) is 10.6. The van der Waals surface area contributed by atoms with Crippen LogP contribution in [0.25, 0.3) is 0 Å². The van der Waals surface area contributed by atoms with E-state index in [1.807, 2.05) is 17.5 Å². The summed E-state index contributed by atoms with van der Waals surface area (Å²) in [6.45, 7) is 11.2. The van der Waals surface area contributed by atoms with Crippen molar-refractivity contribution in [3.63, 3.8) is 0 Å². The van der Waals surface area contributed by atoms with Gasteiger partial charge in [-0.2, -0.15) is 0 Å². The highest BCUT2D eigenvalue weighted by Gasteiger charge is 2.53. The van der Waals surface area contributed by atoms with Crippen LogP contribution in [0.1, 0.15) is 101 Å². The van der Waals surface area contributed by atoms with Crippen molar-refractivity contribution in [2.45, 2.75) is 122 Å². The van der Waals surface area contributed by atoms with Crippen LogP contribution in [0.5, 0.6) is 0 Å². The molecule has 4 fully saturated rings. The lowest BCUT2D eigenvalue weighted by atomic mass is 9.61. The zero-order chi connectivity index (χ0) is 27.8. The monoisotopic (exact) mass is 551 g/mol. The lowest BCUT2D eigenvalue weighted by Crippen LogP contribution is -2.35. The predicted octanol–water partition coefficient (Wildman–Crippen LogP) is 7.21. The quantitative estimate of drug-likeness (QED) is 0.284. The Hall–Kier alpha value is -1.53. The second kappa shape index (κ2) is 11.8. The molecule has 1 aromatic heterocycles. The van der Waals surface area contributed by atoms with Gasteiger partial charge in [0, 0.05) is 17.5 Å². The molecule has 5 rings (SSSR count). The molecule has 5 heteroatoms. The van der Waals surface area contributed by atoms with Crippen LogP contribution < -0.4 is 0 Å². The second-order valence-corrected chi connectivity index (χ2v) is 14.4. The van der Waals surface area contributed by atoms with E-state index in [1.165, 1.54) is 49.0 Å². The lowest BCUT2D eigenvalue weighted by molar-refractivity contribution is 0.0862. The summed E-state index contributed by atoms with van der Waals surface area (Å²) in [5, 5.41) is 32.8. The molecule has 0 aromatic carbocycles. The average molecular weight is 552 g/mol. The summed E-state index contributed by atoms with van der Waals surface area (Å²) in [5.74, 6) is 1.60. The predicted molar refractivity (Wildman–Crippen MR) is 161 cm³/mol. The number of hydrogen-bond donors (Lipinski definition) is 3. The van der Waals surface area contributed by atoms with Gasteiger partial charge in [-0.3, -0.25) is 0 Å². The molecule has 3 N–H and O–H groups in total. The third-order valence-corrected chi connectivity index (χ3v) is 11.9. The van der Waals surface area contributed by atoms with Crippen LogP contribution in [0.4, 0.5) is 0 Å². The number of fused-ring (bicyclic) bond motifs is 1. The van der Waals surface area contributed by atoms with Crippen molar-refractivity contribution in [2.24, 2.45) is 23.2 Å². The van der Waals surface area contributed by atoms with Gasteiger partial charge in [0.05, 0.1) is 23.7 Å². The maximum Gasteiger partial charge on any atom is 0.102 e. The van der Waals surface area contributed by atoms with Crippen molar-refractivity contribution in [3.05, 3.63) is 63.7 Å². The Morgan fingerprint density at radius 1 is 1.18 bits per heavy atom. The Balaban J connectivity index is 1.26. The second-order valence-electron chi connectivity index (χ2n) is 13.2. The molecular formula is C34H49NO3S. The molecule has 1 aromatic rings. The number of nitrogens with zero attached hydrogens (tertiary/aromatic N) is 1. The normalized spacial score (nSPS) is 36.0. The molecule has 0 aliphatic heterocycles. The molecule has 0 radical (unpaired) electrons. The first-order valence-electron chi connectivity index (χ1n) is 15.4. The molecule has 0 spiro atoms. The van der Waals surface area contributed by atoms with Gasteiger partial charge in [-0.05, 0) is 98.5 Å². The highest BCUT2D eigenvalue weighted by molar-refractivity contribution is 7.11. The number of allylic oxidation sites excluding steroid dienone is 4. The van der Waals surface area contributed by atoms with E-state index in [0.29, 0.717) is 30.6 Å². The van der Waals surface area contributed by atoms with Gasteiger partial charge in [0.15, 0.2) is 0 Å². The summed E-state index contributed by atoms with van der Waals surface area (Å²) in [7, 11) is 0. The van der Waals surface area contributed by atoms with Crippen LogP contribution in [0.15, 0.2) is 53.8 Å². The summed E-state index contributed by atoms with van der Waals surface area (Å²) in [4.78, 5) is 6.10. The zero-order valence-corrected chi connectivity index (χ0v) is 25.1. The summed E-state index contributed by atoms with van der Waals surface area (Å²) in [6, 6.07) is 0. The van der Waals surface area contributed by atoms with Crippen molar-refractivity contribution < 1.29 is 15.3 Å². The van der Waals surface area contributed by atoms with E-state index in [1.54, 1.807) is 0 Å². The first-order valence-corrected chi connectivity index (χ1v) is 16.3. The minimum Gasteiger partial charge on any atom is -0.393 e. The van der Waals surface area contributed by atoms with E-state index >= 15 is 0 Å². The number of aryl methyl sites for hydroxylation is 1. The topological polar surface area (TPSA) is 73.6 Å². The Labute approximate surface area is 239 Å². The Bertz CT molecular complexity index is 1130. The summed E-state index contributed by atoms with van der Waals surface area (Å²) in [5.41, 5.74) is 3.39. The number of aliphatic hydroxyl groups is 3. The van der Waals surface area contributed by atoms with Gasteiger partial charge >= 0.3 is 0 Å². The van der Waals surface area contributed by atoms with E-state index in [-0.39, 0.29) is 10.8 Å². The van der Waals surface area contributed by atoms with Crippen LogP contribution in [0.3, 0.4) is 0 Å². The first kappa shape index (κ1) is 29.0. The van der Waals surface area contributed by atoms with E-state index in [0.717, 1.165) is 41.8 Å². The Morgan fingerprint density at radius 3 is 2.72 bits per heavy atom. The number of unbranched alkanes of at least 4 members (excludes halogenated alkanes) is 1. The molecule has 7 atom stereocenters. The first-order chi connectivity index (χ1) is 18.7. The summed E-state index contributed by atoms with van der Waals surface area (Å²) in [6.07, 6.45) is 21.8. The molecule has 4 aliphatic rings. The van der Waals surface area contributed by atoms with Crippen LogP contribution in [-0.4, -0.2) is 38.6 Å². The molecule has 0 bridgehead atoms. The van der Waals surface area contributed by atoms with Crippen molar-refractivity contribution in [1.82, 2.24) is 4.98 Å². The van der Waals surface area contributed by atoms with Crippen LogP contribution >= 0.6 is 11.3 Å². The molecule has 0 amide bonds. The van der Waals surface area contributed by atoms with E-state index < -0.39 is 18.3 Å². The third kappa shape index (κ3) is 5.80. The van der Waals surface area contributed by atoms with Crippen molar-refractivity contribution in [2.75, 3.05) is 0 Å². The molecule has 0 unspecified atom stereocenters. The molecule has 214 valence electrons. The number of rotatable bonds is 9. The smallest absolute Gasteiger partial charge is 0.102 e. The highest BCUT2D eigenvalue weighted by atomic mass is 32.1. The summed E-state index contributed by atoms with van der Waals surface area (Å²) >= 11 is 1.81. The van der Waals surface area contributed by atoms with Crippen LogP contribution in [0, 0.1) is 23.2 Å². The zero-order valence-electron chi connectivity index (χ0n) is 24.2. The Kier molecular flexibility index (Phi) is 8.74. The molecule has 4 aliphatic carbocycles. The van der Waals surface area contributed by atoms with E-state index in [2.05, 4.69) is 51.7 Å². The Morgan fingerprint density at radius 2 is 1.97 bits per heavy atom. The van der Waals surface area contributed by atoms with Gasteiger partial charge in [0.25, 0.3) is 0 Å². The van der Waals surface area contributed by atoms with Crippen LogP contribution in [0.2, 0.25) is 0 Å². The van der Waals surface area contributed by atoms with Gasteiger partial charge in [0.2, 0.25) is 0 Å². The number of hydrogen-bond acceptors (Lipinski definition) is 5. The van der Waals surface area contributed by atoms with Gasteiger partial charge in [-0.25, -0.2) is 4.98 Å². The number of aliphatic hydroxyl groups excluding tert-OH is 3. The average Bonchev–Trinajstić information content (AvgIpc) is 3.44. The fraction of sp³-hybridized carbons (Fsp3) is 0.676. The van der Waals surface area contributed by atoms with Crippen molar-refractivity contribution >= 4 is 11.3 Å². The van der Waals surface area contributed by atoms with Gasteiger partial charge < -0.3 is 15.3 Å². The molecule has 1 heterocycles. The standard InChI is InChI=1S/C34H49NO3S/c1-5-6-9-27-21-35-32(39-27)34(17-18-34)31(38)15-10-22(2)28-13-14-29-24(8-7-16-33(28,29)4)11-12-25-19-26(36)20-30(37)23(25)3/h10-12,15,21-22,26,28-31,36-38H,3,5-9,13-14,16-20H2,1-2,4H3/b15-10+,24-11+,25-12-/t22-,26+,28+,29-,30-,31-,33+/m0/s1. The number of aromatic nitrogens is 1. The SMILES string of the molecule is C=C1/C(=C\C=C2/CCC[C@]3(C)[C@@H]([C@@H](C)/C=C/[C@H](O)C4(c5ncc(CCCC)s5)CC4)CC[C@@H]23)C[C@@H](O)C[C@@H]1O. The molecule has 0 saturated heterocycles. The van der Waals surface area contributed by atoms with Gasteiger partial charge in [-0.1, -0.05) is 63.6 Å². The highest BCUT2D eigenvalue weighted by Crippen LogP contribution is 2.60. The lowest BCUT2D eigenvalue weighted by Gasteiger charge is -2.44. The van der Waals surface area contributed by atoms with Crippen molar-refractivity contribution in [3.8, 4) is 0 Å². The van der Waals surface area contributed by atoms with Crippen LogP contribution in [-0.2, 0) is 11.8 Å². The van der Waals surface area contributed by atoms with Gasteiger partial charge in [-0.15, -0.1) is 11.3 Å². The van der Waals surface area contributed by atoms with E-state index in [9.17, 15) is 15.3 Å². The molecular weight excluding hydrogens is 502 g/mol. The maximum absolute atomic E-state index is 11.3. The minimum absolute atomic E-state index is 0.161. The van der Waals surface area contributed by atoms with Crippen molar-refractivity contribution in [1.29, 1.82) is 0 Å². The van der Waals surface area contributed by atoms with E-state index in [4.69, 9.17) is 4.98 Å². The minimum atomic E-state index is -0.637. The fourth-order valence-corrected chi connectivity index (χ4v) is 9.22. The largest absolute Gasteiger partial charge is 0.393 e. The molecule has 39 heavy (non-hydrogen) atoms. The molecule has 4 saturated carbocycles. The number of thiazole rings is 1. The van der Waals surface area contributed by atoms with Gasteiger partial charge in [0.1, 0.15) is 5.01 Å². The maximum atomic E-state index is 11.3. The fourth-order valence-electron chi connectivity index (χ4n) is 7.98. The molecule has 4 nitrogen and oxygen atoms in total. The summed E-state index contributed by atoms with van der Waals surface area (Å²) < 4.78 is 0.